The zero-order valence-electron chi connectivity index (χ0n) is 22.1. The molecule has 1 amide bonds. The van der Waals surface area contributed by atoms with Crippen molar-refractivity contribution in [1.29, 1.82) is 0 Å². The van der Waals surface area contributed by atoms with Crippen LogP contribution in [0.4, 0.5) is 10.7 Å². The molecule has 3 aromatic rings. The van der Waals surface area contributed by atoms with Crippen LogP contribution in [-0.2, 0) is 27.7 Å². The minimum Gasteiger partial charge on any atom is -0.462 e. The molecule has 2 aromatic carbocycles. The molecular formula is C28H33N3O5S2. The highest BCUT2D eigenvalue weighted by Gasteiger charge is 2.30. The number of fused-ring (bicyclic) bond motifs is 1. The predicted molar refractivity (Wildman–Crippen MR) is 151 cm³/mol. The Balaban J connectivity index is 1.58. The van der Waals surface area contributed by atoms with Crippen LogP contribution in [0.1, 0.15) is 58.9 Å². The molecule has 1 aromatic heterocycles. The molecule has 4 rings (SSSR count). The van der Waals surface area contributed by atoms with E-state index in [2.05, 4.69) is 24.1 Å². The number of hydrogen-bond acceptors (Lipinski definition) is 7. The largest absolute Gasteiger partial charge is 0.462 e. The summed E-state index contributed by atoms with van der Waals surface area (Å²) >= 11 is 1.40. The number of esters is 1. The fourth-order valence-electron chi connectivity index (χ4n) is 4.54. The van der Waals surface area contributed by atoms with Gasteiger partial charge in [0.1, 0.15) is 5.00 Å². The number of carbonyl (C=O) groups is 2. The Kier molecular flexibility index (Phi) is 8.54. The molecule has 1 aliphatic rings. The van der Waals surface area contributed by atoms with Gasteiger partial charge in [-0.25, -0.2) is 13.2 Å². The van der Waals surface area contributed by atoms with E-state index in [-0.39, 0.29) is 23.6 Å². The molecule has 0 saturated heterocycles. The van der Waals surface area contributed by atoms with E-state index in [4.69, 9.17) is 4.74 Å². The number of benzene rings is 2. The number of carbonyl (C=O) groups excluding carboxylic acids is 2. The van der Waals surface area contributed by atoms with E-state index in [1.54, 1.807) is 38.1 Å². The maximum Gasteiger partial charge on any atom is 0.341 e. The van der Waals surface area contributed by atoms with E-state index in [1.165, 1.54) is 39.9 Å². The van der Waals surface area contributed by atoms with Gasteiger partial charge in [-0.15, -0.1) is 11.3 Å². The second-order valence-electron chi connectivity index (χ2n) is 9.23. The minimum atomic E-state index is -3.81. The summed E-state index contributed by atoms with van der Waals surface area (Å²) in [6, 6.07) is 15.1. The Morgan fingerprint density at radius 2 is 1.76 bits per heavy atom. The first-order valence-electron chi connectivity index (χ1n) is 12.7. The van der Waals surface area contributed by atoms with Crippen LogP contribution in [0.3, 0.4) is 0 Å². The van der Waals surface area contributed by atoms with Gasteiger partial charge < -0.3 is 10.1 Å². The summed E-state index contributed by atoms with van der Waals surface area (Å²) in [4.78, 5) is 29.5. The fraction of sp³-hybridized carbons (Fsp3) is 0.357. The monoisotopic (exact) mass is 555 g/mol. The number of ether oxygens (including phenoxy) is 1. The normalized spacial score (nSPS) is 13.7. The Hall–Kier alpha value is -3.21. The van der Waals surface area contributed by atoms with Gasteiger partial charge in [0.15, 0.2) is 0 Å². The summed E-state index contributed by atoms with van der Waals surface area (Å²) in [5.41, 5.74) is 2.21. The summed E-state index contributed by atoms with van der Waals surface area (Å²) in [7, 11) is -3.81. The minimum absolute atomic E-state index is 0.0901. The van der Waals surface area contributed by atoms with Gasteiger partial charge in [0.25, 0.3) is 15.9 Å². The number of rotatable bonds is 9. The summed E-state index contributed by atoms with van der Waals surface area (Å²) in [5.74, 6) is -0.866. The van der Waals surface area contributed by atoms with Crippen LogP contribution in [0.15, 0.2) is 59.5 Å². The lowest BCUT2D eigenvalue weighted by molar-refractivity contribution is 0.0526. The van der Waals surface area contributed by atoms with Crippen LogP contribution >= 0.6 is 11.3 Å². The third-order valence-corrected chi connectivity index (χ3v) is 9.61. The number of anilines is 2. The average Bonchev–Trinajstić information content (AvgIpc) is 3.26. The zero-order valence-corrected chi connectivity index (χ0v) is 23.7. The van der Waals surface area contributed by atoms with Gasteiger partial charge in [-0.2, -0.15) is 0 Å². The van der Waals surface area contributed by atoms with Crippen molar-refractivity contribution in [3.05, 3.63) is 76.2 Å². The van der Waals surface area contributed by atoms with Gasteiger partial charge in [0, 0.05) is 36.1 Å². The quantitative estimate of drug-likeness (QED) is 0.367. The van der Waals surface area contributed by atoms with Gasteiger partial charge >= 0.3 is 5.97 Å². The standard InChI is InChI=1S/C28H33N3O5S2/c1-5-31(21-10-8-7-9-11-21)38(34,35)22-14-12-20(13-15-22)26(32)29-27-25(28(33)36-6-2)23-16-17-30(19(3)4)18-24(23)37-27/h7-15,19H,5-6,16-18H2,1-4H3,(H,29,32). The number of para-hydroxylation sites is 1. The zero-order chi connectivity index (χ0) is 27.4. The third kappa shape index (κ3) is 5.62. The van der Waals surface area contributed by atoms with Crippen molar-refractivity contribution in [1.82, 2.24) is 4.90 Å². The lowest BCUT2D eigenvalue weighted by atomic mass is 10.0. The lowest BCUT2D eigenvalue weighted by Crippen LogP contribution is -2.35. The molecular weight excluding hydrogens is 522 g/mol. The summed E-state index contributed by atoms with van der Waals surface area (Å²) < 4.78 is 33.2. The van der Waals surface area contributed by atoms with E-state index in [9.17, 15) is 18.0 Å². The highest BCUT2D eigenvalue weighted by atomic mass is 32.2. The van der Waals surface area contributed by atoms with Gasteiger partial charge in [0.05, 0.1) is 22.8 Å². The van der Waals surface area contributed by atoms with Crippen molar-refractivity contribution in [3.8, 4) is 0 Å². The molecule has 0 atom stereocenters. The number of hydrogen-bond donors (Lipinski definition) is 1. The number of amides is 1. The first-order chi connectivity index (χ1) is 18.2. The SMILES string of the molecule is CCOC(=O)c1c(NC(=O)c2ccc(S(=O)(=O)N(CC)c3ccccc3)cc2)sc2c1CCN(C(C)C)C2. The summed E-state index contributed by atoms with van der Waals surface area (Å²) in [6.07, 6.45) is 0.704. The third-order valence-electron chi connectivity index (χ3n) is 6.56. The van der Waals surface area contributed by atoms with Gasteiger partial charge in [-0.3, -0.25) is 14.0 Å². The lowest BCUT2D eigenvalue weighted by Gasteiger charge is -2.30. The molecule has 10 heteroatoms. The molecule has 0 fully saturated rings. The summed E-state index contributed by atoms with van der Waals surface area (Å²) in [5, 5.41) is 3.35. The number of nitrogens with zero attached hydrogens (tertiary/aromatic N) is 2. The molecule has 202 valence electrons. The highest BCUT2D eigenvalue weighted by molar-refractivity contribution is 7.92. The smallest absolute Gasteiger partial charge is 0.341 e. The first kappa shape index (κ1) is 27.8. The van der Waals surface area contributed by atoms with Crippen LogP contribution in [0, 0.1) is 0 Å². The molecule has 1 aliphatic heterocycles. The van der Waals surface area contributed by atoms with Crippen LogP contribution < -0.4 is 9.62 Å². The second kappa shape index (κ2) is 11.7. The Labute approximate surface area is 228 Å². The topological polar surface area (TPSA) is 96.0 Å². The molecule has 1 N–H and O–H groups in total. The number of nitrogens with one attached hydrogen (secondary N) is 1. The van der Waals surface area contributed by atoms with Crippen LogP contribution in [0.5, 0.6) is 0 Å². The van der Waals surface area contributed by atoms with Crippen molar-refractivity contribution < 1.29 is 22.7 Å². The van der Waals surface area contributed by atoms with Crippen molar-refractivity contribution in [3.63, 3.8) is 0 Å². The predicted octanol–water partition coefficient (Wildman–Crippen LogP) is 5.16. The maximum atomic E-state index is 13.3. The highest BCUT2D eigenvalue weighted by Crippen LogP contribution is 2.38. The van der Waals surface area contributed by atoms with Crippen molar-refractivity contribution in [2.75, 3.05) is 29.3 Å². The number of sulfonamides is 1. The van der Waals surface area contributed by atoms with Gasteiger partial charge in [-0.05, 0) is 76.1 Å². The molecule has 8 nitrogen and oxygen atoms in total. The van der Waals surface area contributed by atoms with E-state index in [0.717, 1.165) is 17.0 Å². The van der Waals surface area contributed by atoms with E-state index < -0.39 is 21.9 Å². The van der Waals surface area contributed by atoms with Crippen LogP contribution in [-0.4, -0.2) is 50.9 Å². The maximum absolute atomic E-state index is 13.3. The molecule has 2 heterocycles. The molecule has 0 unspecified atom stereocenters. The van der Waals surface area contributed by atoms with E-state index in [0.29, 0.717) is 35.3 Å². The Morgan fingerprint density at radius 3 is 2.37 bits per heavy atom. The molecule has 38 heavy (non-hydrogen) atoms. The Bertz CT molecular complexity index is 1400. The van der Waals surface area contributed by atoms with Crippen molar-refractivity contribution in [2.45, 2.75) is 51.6 Å². The summed E-state index contributed by atoms with van der Waals surface area (Å²) in [6.45, 7) is 9.84. The molecule has 0 radical (unpaired) electrons. The molecule has 0 aliphatic carbocycles. The van der Waals surface area contributed by atoms with E-state index in [1.807, 2.05) is 6.07 Å². The van der Waals surface area contributed by atoms with Crippen molar-refractivity contribution in [2.24, 2.45) is 0 Å². The number of thiophene rings is 1. The molecule has 0 bridgehead atoms. The van der Waals surface area contributed by atoms with Crippen LogP contribution in [0.25, 0.3) is 0 Å². The first-order valence-corrected chi connectivity index (χ1v) is 15.0. The van der Waals surface area contributed by atoms with Crippen molar-refractivity contribution >= 4 is 43.9 Å². The average molecular weight is 556 g/mol. The molecule has 0 saturated carbocycles. The molecule has 0 spiro atoms. The van der Waals surface area contributed by atoms with E-state index >= 15 is 0 Å². The van der Waals surface area contributed by atoms with Gasteiger partial charge in [-0.1, -0.05) is 18.2 Å². The van der Waals surface area contributed by atoms with Crippen LogP contribution in [0.2, 0.25) is 0 Å². The van der Waals surface area contributed by atoms with Gasteiger partial charge in [0.2, 0.25) is 0 Å². The Morgan fingerprint density at radius 1 is 1.08 bits per heavy atom. The second-order valence-corrected chi connectivity index (χ2v) is 12.2. The fourth-order valence-corrected chi connectivity index (χ4v) is 7.27.